The van der Waals surface area contributed by atoms with Crippen LogP contribution in [0.2, 0.25) is 4.75 Å². The van der Waals surface area contributed by atoms with Crippen LogP contribution in [0.4, 0.5) is 0 Å². The second-order valence-corrected chi connectivity index (χ2v) is 6.58. The van der Waals surface area contributed by atoms with Gasteiger partial charge in [-0.15, -0.1) is 0 Å². The first-order chi connectivity index (χ1) is 1.73. The molecule has 0 atom stereocenters. The van der Waals surface area contributed by atoms with Gasteiger partial charge < -0.3 is 1.43 Å². The number of rotatable bonds is 0. The van der Waals surface area contributed by atoms with Crippen LogP contribution in [0.1, 0.15) is 15.3 Å². The zero-order valence-corrected chi connectivity index (χ0v) is 7.77. The van der Waals surface area contributed by atoms with E-state index in [9.17, 15) is 0 Å². The second-order valence-electron chi connectivity index (χ2n) is 1.73. The summed E-state index contributed by atoms with van der Waals surface area (Å²) in [5.74, 6) is 0. The van der Waals surface area contributed by atoms with Gasteiger partial charge in [0.15, 0.2) is 0 Å². The molecule has 0 fully saturated rings. The third kappa shape index (κ3) is 20.5. The maximum absolute atomic E-state index is 2.25. The molecule has 0 aromatic carbocycles. The zero-order valence-electron chi connectivity index (χ0n) is 4.58. The molecule has 0 amide bonds. The van der Waals surface area contributed by atoms with E-state index in [4.69, 9.17) is 0 Å². The Hall–Kier alpha value is 0.543. The van der Waals surface area contributed by atoms with E-state index in [1.54, 1.807) is 0 Å². The van der Waals surface area contributed by atoms with E-state index >= 15 is 0 Å². The topological polar surface area (TPSA) is 0 Å². The molecule has 0 aromatic heterocycles. The Morgan fingerprint density at radius 1 is 1.75 bits per heavy atom. The Morgan fingerprint density at radius 2 is 1.75 bits per heavy atom. The quantitative estimate of drug-likeness (QED) is 0.403. The summed E-state index contributed by atoms with van der Waals surface area (Å²) in [5, 5.41) is 0. The molecular weight excluding hydrogens is 109 g/mol. The summed E-state index contributed by atoms with van der Waals surface area (Å²) in [6, 6.07) is 0. The zero-order chi connectivity index (χ0) is 3.58. The van der Waals surface area contributed by atoms with Crippen molar-refractivity contribution in [3.63, 3.8) is 0 Å². The molecule has 0 bridgehead atoms. The van der Waals surface area contributed by atoms with Crippen molar-refractivity contribution in [2.24, 2.45) is 0 Å². The van der Waals surface area contributed by atoms with Crippen LogP contribution in [0.5, 0.6) is 0 Å². The van der Waals surface area contributed by atoms with E-state index < -0.39 is 0 Å². The summed E-state index contributed by atoms with van der Waals surface area (Å²) in [6.07, 6.45) is 0. The molecule has 0 radical (unpaired) electrons. The predicted octanol–water partition coefficient (Wildman–Crippen LogP) is 0.293. The van der Waals surface area contributed by atoms with Gasteiger partial charge in [0.05, 0.1) is 0 Å². The molecule has 0 aliphatic rings. The van der Waals surface area contributed by atoms with E-state index in [1.807, 2.05) is 0 Å². The van der Waals surface area contributed by atoms with Gasteiger partial charge in [-0.25, -0.2) is 0 Å². The third-order valence-electron chi connectivity index (χ3n) is 0. The molecule has 28 valence electrons. The average Bonchev–Trinajstić information content (AvgIpc) is 0.811. The van der Waals surface area contributed by atoms with Crippen molar-refractivity contribution in [3.05, 3.63) is 0 Å². The Kier molecular flexibility index (Phi) is 2.07. The first-order valence-electron chi connectivity index (χ1n) is 1.73. The second kappa shape index (κ2) is 1.83. The van der Waals surface area contributed by atoms with Gasteiger partial charge >= 0.3 is 35.1 Å². The van der Waals surface area contributed by atoms with Gasteiger partial charge in [-0.1, -0.05) is 0 Å². The molecule has 0 heterocycles. The molecule has 0 unspecified atom stereocenters. The van der Waals surface area contributed by atoms with E-state index in [-0.39, 0.29) is 1.43 Å². The predicted molar refractivity (Wildman–Crippen MR) is 26.1 cm³/mol. The summed E-state index contributed by atoms with van der Waals surface area (Å²) in [5.41, 5.74) is 0. The van der Waals surface area contributed by atoms with Crippen LogP contribution in [0, 0.1) is 0 Å². The van der Waals surface area contributed by atoms with Crippen molar-refractivity contribution >= 4 is 16.5 Å². The van der Waals surface area contributed by atoms with Crippen LogP contribution in [0.15, 0.2) is 0 Å². The summed E-state index contributed by atoms with van der Waals surface area (Å²) >= 11 is 1.06. The summed E-state index contributed by atoms with van der Waals surface area (Å²) in [4.78, 5) is 0. The minimum absolute atomic E-state index is 0. The van der Waals surface area contributed by atoms with E-state index in [0.29, 0.717) is 0 Å². The van der Waals surface area contributed by atoms with Crippen molar-refractivity contribution < 1.29 is 1.43 Å². The van der Waals surface area contributed by atoms with Crippen molar-refractivity contribution in [1.82, 2.24) is 0 Å². The molecule has 0 aliphatic carbocycles. The van der Waals surface area contributed by atoms with Gasteiger partial charge in [-0.05, 0) is 0 Å². The van der Waals surface area contributed by atoms with Gasteiger partial charge in [0.25, 0.3) is 0 Å². The van der Waals surface area contributed by atoms with Crippen molar-refractivity contribution in [3.8, 4) is 0 Å². The van der Waals surface area contributed by atoms with Crippen LogP contribution in [0.3, 0.4) is 0 Å². The fourth-order valence-electron chi connectivity index (χ4n) is 0. The van der Waals surface area contributed by atoms with E-state index in [2.05, 4.69) is 13.8 Å². The molecular formula is C3H11Ge-. The Bertz CT molecular complexity index is 11.6. The van der Waals surface area contributed by atoms with Gasteiger partial charge in [-0.2, -0.15) is 0 Å². The average molecular weight is 120 g/mol. The normalized spacial score (nSPS) is 9.75. The van der Waals surface area contributed by atoms with Gasteiger partial charge in [0.2, 0.25) is 0 Å². The van der Waals surface area contributed by atoms with Crippen LogP contribution >= 0.6 is 0 Å². The molecule has 0 aromatic rings. The largest absolute Gasteiger partial charge is 1.00 e. The smallest absolute Gasteiger partial charge is 1.00 e. The summed E-state index contributed by atoms with van der Waals surface area (Å²) in [7, 11) is 0. The molecule has 0 aliphatic heterocycles. The molecule has 0 rings (SSSR count). The Balaban J connectivity index is 0. The van der Waals surface area contributed by atoms with Gasteiger partial charge in [0, 0.05) is 0 Å². The standard InChI is InChI=1S/C3H10Ge.H/c1-3(2)4;/h3H,1-2,4H3;/q;-1. The minimum atomic E-state index is 0. The molecule has 0 saturated carbocycles. The Labute approximate surface area is 37.3 Å². The molecule has 0 nitrogen and oxygen atoms in total. The van der Waals surface area contributed by atoms with Gasteiger partial charge in [0.1, 0.15) is 0 Å². The van der Waals surface area contributed by atoms with Gasteiger partial charge in [-0.3, -0.25) is 0 Å². The fourth-order valence-corrected chi connectivity index (χ4v) is 0. The molecule has 0 N–H and O–H groups in total. The van der Waals surface area contributed by atoms with E-state index in [1.165, 1.54) is 0 Å². The summed E-state index contributed by atoms with van der Waals surface area (Å²) < 4.78 is 1.02. The summed E-state index contributed by atoms with van der Waals surface area (Å²) in [6.45, 7) is 4.50. The van der Waals surface area contributed by atoms with Crippen LogP contribution in [-0.2, 0) is 0 Å². The SMILES string of the molecule is C[CH](C)[GeH3].[H-]. The minimum Gasteiger partial charge on any atom is -1.00 e. The van der Waals surface area contributed by atoms with Crippen LogP contribution in [0.25, 0.3) is 0 Å². The number of hydrogen-bond acceptors (Lipinski definition) is 0. The molecule has 0 saturated heterocycles. The maximum atomic E-state index is 2.25. The fraction of sp³-hybridized carbons (Fsp3) is 1.00. The van der Waals surface area contributed by atoms with Crippen molar-refractivity contribution in [2.45, 2.75) is 18.6 Å². The Morgan fingerprint density at radius 3 is 1.75 bits per heavy atom. The first-order valence-corrected chi connectivity index (χ1v) is 4.15. The monoisotopic (exact) mass is 121 g/mol. The maximum Gasteiger partial charge on any atom is -1.00 e. The third-order valence-corrected chi connectivity index (χ3v) is 0. The van der Waals surface area contributed by atoms with Crippen LogP contribution < -0.4 is 0 Å². The molecule has 4 heavy (non-hydrogen) atoms. The number of hydrogen-bond donors (Lipinski definition) is 0. The van der Waals surface area contributed by atoms with E-state index in [0.717, 1.165) is 21.3 Å². The van der Waals surface area contributed by atoms with Crippen molar-refractivity contribution in [1.29, 1.82) is 0 Å². The molecule has 1 heteroatoms. The van der Waals surface area contributed by atoms with Crippen molar-refractivity contribution in [2.75, 3.05) is 0 Å². The first kappa shape index (κ1) is 4.54. The molecule has 0 spiro atoms. The van der Waals surface area contributed by atoms with Crippen LogP contribution in [-0.4, -0.2) is 16.5 Å².